The molecule has 0 radical (unpaired) electrons. The highest BCUT2D eigenvalue weighted by Gasteiger charge is 2.41. The van der Waals surface area contributed by atoms with Crippen LogP contribution in [0.1, 0.15) is 45.3 Å². The van der Waals surface area contributed by atoms with E-state index in [4.69, 9.17) is 13.9 Å². The molecule has 0 saturated carbocycles. The Hall–Kier alpha value is -1.73. The van der Waals surface area contributed by atoms with Gasteiger partial charge in [-0.1, -0.05) is 32.0 Å². The molecule has 1 aromatic rings. The van der Waals surface area contributed by atoms with E-state index in [9.17, 15) is 5.53 Å². The average molecular weight is 419 g/mol. The first-order chi connectivity index (χ1) is 13.7. The second-order valence-electron chi connectivity index (χ2n) is 9.48. The van der Waals surface area contributed by atoms with Crippen LogP contribution in [0.4, 0.5) is 0 Å². The first-order valence-corrected chi connectivity index (χ1v) is 13.5. The summed E-state index contributed by atoms with van der Waals surface area (Å²) < 4.78 is 18.3. The molecule has 2 atom stereocenters. The number of azide groups is 1. The minimum Gasteiger partial charge on any atom is -0.486 e. The summed E-state index contributed by atoms with van der Waals surface area (Å²) in [4.78, 5) is 5.56. The molecule has 2 aliphatic rings. The molecule has 2 heterocycles. The van der Waals surface area contributed by atoms with Crippen molar-refractivity contribution in [3.05, 3.63) is 34.2 Å². The molecule has 8 heteroatoms. The number of likely N-dealkylation sites (tertiary alicyclic amines) is 1. The maximum Gasteiger partial charge on any atom is 0.192 e. The lowest BCUT2D eigenvalue weighted by Crippen LogP contribution is -2.45. The van der Waals surface area contributed by atoms with Crippen molar-refractivity contribution in [2.75, 3.05) is 32.8 Å². The van der Waals surface area contributed by atoms with Crippen LogP contribution in [0.25, 0.3) is 10.4 Å². The van der Waals surface area contributed by atoms with Crippen LogP contribution >= 0.6 is 0 Å². The second kappa shape index (κ2) is 8.96. The third-order valence-corrected chi connectivity index (χ3v) is 10.8. The van der Waals surface area contributed by atoms with Gasteiger partial charge in [0, 0.05) is 11.5 Å². The van der Waals surface area contributed by atoms with Crippen molar-refractivity contribution in [1.29, 1.82) is 0 Å². The first kappa shape index (κ1) is 22.0. The molecule has 0 bridgehead atoms. The number of hydrogen-bond donors (Lipinski definition) is 0. The van der Waals surface area contributed by atoms with Crippen molar-refractivity contribution in [2.45, 2.75) is 63.9 Å². The maximum absolute atomic E-state index is 9.31. The molecular formula is C21H34N4O3Si. The highest BCUT2D eigenvalue weighted by molar-refractivity contribution is 6.74. The van der Waals surface area contributed by atoms with Crippen molar-refractivity contribution in [2.24, 2.45) is 5.11 Å². The minimum absolute atomic E-state index is 0.0492. The number of nitrogens with zero attached hydrogens (tertiary/aromatic N) is 4. The van der Waals surface area contributed by atoms with Gasteiger partial charge in [0.15, 0.2) is 19.8 Å². The summed E-state index contributed by atoms with van der Waals surface area (Å²) in [5.41, 5.74) is 10.3. The van der Waals surface area contributed by atoms with Crippen LogP contribution in [0.15, 0.2) is 23.3 Å². The normalized spacial score (nSPS) is 19.5. The summed E-state index contributed by atoms with van der Waals surface area (Å²) in [7, 11) is -2.11. The summed E-state index contributed by atoms with van der Waals surface area (Å²) in [5, 5.41) is 4.26. The summed E-state index contributed by atoms with van der Waals surface area (Å²) in [6, 6.07) is 5.66. The van der Waals surface area contributed by atoms with Gasteiger partial charge in [0.2, 0.25) is 0 Å². The summed E-state index contributed by atoms with van der Waals surface area (Å²) in [6.45, 7) is 15.1. The van der Waals surface area contributed by atoms with E-state index >= 15 is 0 Å². The van der Waals surface area contributed by atoms with Crippen molar-refractivity contribution >= 4 is 8.32 Å². The van der Waals surface area contributed by atoms with Crippen molar-refractivity contribution < 1.29 is 13.9 Å². The Morgan fingerprint density at radius 3 is 2.45 bits per heavy atom. The molecule has 0 aliphatic carbocycles. The average Bonchev–Trinajstić information content (AvgIpc) is 3.18. The summed E-state index contributed by atoms with van der Waals surface area (Å²) in [6.07, 6.45) is 2.07. The summed E-state index contributed by atoms with van der Waals surface area (Å²) >= 11 is 0. The van der Waals surface area contributed by atoms with Crippen LogP contribution < -0.4 is 9.47 Å². The van der Waals surface area contributed by atoms with Gasteiger partial charge in [-0.2, -0.15) is 0 Å². The zero-order chi connectivity index (χ0) is 21.1. The van der Waals surface area contributed by atoms with Crippen LogP contribution in [0.3, 0.4) is 0 Å². The Morgan fingerprint density at radius 1 is 1.17 bits per heavy atom. The van der Waals surface area contributed by atoms with Gasteiger partial charge in [-0.05, 0) is 67.3 Å². The SMILES string of the molecule is CC(C)(C)[Si](C)(C)OC(c1ccc2c(c1)OCCO2)C(CN1CCCC1)N=[N+]=[N-]. The number of rotatable bonds is 7. The van der Waals surface area contributed by atoms with E-state index < -0.39 is 8.32 Å². The van der Waals surface area contributed by atoms with Crippen LogP contribution in [0, 0.1) is 0 Å². The van der Waals surface area contributed by atoms with Gasteiger partial charge in [-0.25, -0.2) is 0 Å². The van der Waals surface area contributed by atoms with E-state index in [1.807, 2.05) is 18.2 Å². The van der Waals surface area contributed by atoms with Crippen molar-refractivity contribution in [1.82, 2.24) is 4.90 Å². The molecule has 2 unspecified atom stereocenters. The largest absolute Gasteiger partial charge is 0.486 e. The topological polar surface area (TPSA) is 79.7 Å². The number of hydrogen-bond acceptors (Lipinski definition) is 5. The van der Waals surface area contributed by atoms with Crippen molar-refractivity contribution in [3.8, 4) is 11.5 Å². The lowest BCUT2D eigenvalue weighted by Gasteiger charge is -2.41. The second-order valence-corrected chi connectivity index (χ2v) is 14.2. The zero-order valence-corrected chi connectivity index (χ0v) is 19.4. The van der Waals surface area contributed by atoms with E-state index in [1.165, 1.54) is 12.8 Å². The predicted molar refractivity (Wildman–Crippen MR) is 117 cm³/mol. The Balaban J connectivity index is 1.96. The molecule has 29 heavy (non-hydrogen) atoms. The molecule has 160 valence electrons. The molecule has 2 aliphatic heterocycles. The monoisotopic (exact) mass is 418 g/mol. The molecule has 1 aromatic carbocycles. The van der Waals surface area contributed by atoms with Gasteiger partial charge in [-0.15, -0.1) is 0 Å². The number of fused-ring (bicyclic) bond motifs is 1. The van der Waals surface area contributed by atoms with E-state index in [0.717, 1.165) is 30.2 Å². The quantitative estimate of drug-likeness (QED) is 0.261. The molecule has 0 aromatic heterocycles. The van der Waals surface area contributed by atoms with Crippen LogP contribution in [-0.2, 0) is 4.43 Å². The molecular weight excluding hydrogens is 384 g/mol. The fraction of sp³-hybridized carbons (Fsp3) is 0.714. The Bertz CT molecular complexity index is 753. The molecule has 3 rings (SSSR count). The van der Waals surface area contributed by atoms with Gasteiger partial charge < -0.3 is 18.8 Å². The number of ether oxygens (including phenoxy) is 2. The van der Waals surface area contributed by atoms with E-state index in [0.29, 0.717) is 19.8 Å². The van der Waals surface area contributed by atoms with Gasteiger partial charge in [-0.3, -0.25) is 0 Å². The maximum atomic E-state index is 9.31. The molecule has 0 amide bonds. The fourth-order valence-corrected chi connectivity index (χ4v) is 4.87. The van der Waals surface area contributed by atoms with Crippen LogP contribution in [0.5, 0.6) is 11.5 Å². The molecule has 7 nitrogen and oxygen atoms in total. The number of benzene rings is 1. The highest BCUT2D eigenvalue weighted by atomic mass is 28.4. The highest BCUT2D eigenvalue weighted by Crippen LogP contribution is 2.42. The predicted octanol–water partition coefficient (Wildman–Crippen LogP) is 5.30. The van der Waals surface area contributed by atoms with Gasteiger partial charge in [0.1, 0.15) is 13.2 Å². The van der Waals surface area contributed by atoms with E-state index in [2.05, 4.69) is 48.8 Å². The molecule has 1 saturated heterocycles. The van der Waals surface area contributed by atoms with Crippen molar-refractivity contribution in [3.63, 3.8) is 0 Å². The fourth-order valence-electron chi connectivity index (χ4n) is 3.59. The molecule has 0 N–H and O–H groups in total. The third kappa shape index (κ3) is 5.25. The van der Waals surface area contributed by atoms with Crippen LogP contribution in [0.2, 0.25) is 18.1 Å². The Kier molecular flexibility index (Phi) is 6.78. The summed E-state index contributed by atoms with van der Waals surface area (Å²) in [5.74, 6) is 1.49. The molecule has 1 fully saturated rings. The Morgan fingerprint density at radius 2 is 1.83 bits per heavy atom. The minimum atomic E-state index is -2.11. The third-order valence-electron chi connectivity index (χ3n) is 6.32. The lowest BCUT2D eigenvalue weighted by molar-refractivity contribution is 0.131. The van der Waals surface area contributed by atoms with Gasteiger partial charge in [0.25, 0.3) is 0 Å². The zero-order valence-electron chi connectivity index (χ0n) is 18.4. The smallest absolute Gasteiger partial charge is 0.192 e. The standard InChI is InChI=1S/C21H34N4O3Si/c1-21(2,3)29(4,5)28-20(17(23-24-22)15-25-10-6-7-11-25)16-8-9-18-19(14-16)27-13-12-26-18/h8-9,14,17,20H,6-7,10-13,15H2,1-5H3. The van der Waals surface area contributed by atoms with Gasteiger partial charge in [0.05, 0.1) is 12.1 Å². The van der Waals surface area contributed by atoms with E-state index in [1.54, 1.807) is 0 Å². The van der Waals surface area contributed by atoms with Crippen LogP contribution in [-0.4, -0.2) is 52.1 Å². The Labute approximate surface area is 175 Å². The lowest BCUT2D eigenvalue weighted by atomic mass is 10.0. The van der Waals surface area contributed by atoms with E-state index in [-0.39, 0.29) is 17.2 Å². The molecule has 0 spiro atoms. The first-order valence-electron chi connectivity index (χ1n) is 10.6. The van der Waals surface area contributed by atoms with Gasteiger partial charge >= 0.3 is 0 Å².